The van der Waals surface area contributed by atoms with Crippen LogP contribution in [0.3, 0.4) is 0 Å². The van der Waals surface area contributed by atoms with Gasteiger partial charge in [-0.05, 0) is 30.8 Å². The van der Waals surface area contributed by atoms with E-state index in [2.05, 4.69) is 13.0 Å². The fraction of sp³-hybridized carbons (Fsp3) is 0.750. The number of ketones is 1. The zero-order valence-electron chi connectivity index (χ0n) is 9.01. The van der Waals surface area contributed by atoms with Crippen LogP contribution in [0.2, 0.25) is 0 Å². The van der Waals surface area contributed by atoms with Gasteiger partial charge in [0, 0.05) is 18.8 Å². The largest absolute Gasteiger partial charge is 0.501 e. The van der Waals surface area contributed by atoms with E-state index in [1.165, 1.54) is 6.42 Å². The molecule has 2 heteroatoms. The summed E-state index contributed by atoms with van der Waals surface area (Å²) in [6.07, 6.45) is 6.94. The molecule has 0 unspecified atom stereocenters. The number of fused-ring (bicyclic) bond motifs is 1. The summed E-state index contributed by atoms with van der Waals surface area (Å²) in [7, 11) is 1.72. The van der Waals surface area contributed by atoms with Crippen LogP contribution >= 0.6 is 0 Å². The van der Waals surface area contributed by atoms with Gasteiger partial charge in [0.1, 0.15) is 5.78 Å². The maximum absolute atomic E-state index is 11.8. The Balaban J connectivity index is 2.23. The SMILES string of the molecule is COC1=CC[C@H]2C(=O)CCC[C@@]2(C)C1. The number of carbonyl (C=O) groups is 1. The Hall–Kier alpha value is -0.790. The summed E-state index contributed by atoms with van der Waals surface area (Å²) >= 11 is 0. The first-order valence-electron chi connectivity index (χ1n) is 5.41. The molecule has 0 aromatic rings. The zero-order chi connectivity index (χ0) is 10.2. The van der Waals surface area contributed by atoms with Gasteiger partial charge in [0.15, 0.2) is 0 Å². The highest BCUT2D eigenvalue weighted by Gasteiger charge is 2.43. The number of hydrogen-bond donors (Lipinski definition) is 0. The molecule has 0 saturated heterocycles. The van der Waals surface area contributed by atoms with E-state index >= 15 is 0 Å². The quantitative estimate of drug-likeness (QED) is 0.641. The molecule has 78 valence electrons. The molecule has 0 aromatic heterocycles. The Morgan fingerprint density at radius 3 is 3.07 bits per heavy atom. The summed E-state index contributed by atoms with van der Waals surface area (Å²) in [5.74, 6) is 1.79. The Kier molecular flexibility index (Phi) is 2.38. The highest BCUT2D eigenvalue weighted by atomic mass is 16.5. The minimum absolute atomic E-state index is 0.176. The van der Waals surface area contributed by atoms with Crippen molar-refractivity contribution in [2.24, 2.45) is 11.3 Å². The van der Waals surface area contributed by atoms with Crippen molar-refractivity contribution >= 4 is 5.78 Å². The van der Waals surface area contributed by atoms with Crippen molar-refractivity contribution in [3.05, 3.63) is 11.8 Å². The second-order valence-corrected chi connectivity index (χ2v) is 4.81. The number of allylic oxidation sites excluding steroid dienone is 2. The van der Waals surface area contributed by atoms with Crippen molar-refractivity contribution in [1.82, 2.24) is 0 Å². The van der Waals surface area contributed by atoms with E-state index in [9.17, 15) is 4.79 Å². The Bertz CT molecular complexity index is 280. The van der Waals surface area contributed by atoms with Crippen LogP contribution in [0.4, 0.5) is 0 Å². The topological polar surface area (TPSA) is 26.3 Å². The molecule has 2 atom stereocenters. The lowest BCUT2D eigenvalue weighted by Crippen LogP contribution is -2.39. The Morgan fingerprint density at radius 1 is 1.57 bits per heavy atom. The third-order valence-electron chi connectivity index (χ3n) is 3.82. The molecule has 2 aliphatic rings. The zero-order valence-corrected chi connectivity index (χ0v) is 9.01. The van der Waals surface area contributed by atoms with Gasteiger partial charge < -0.3 is 4.74 Å². The van der Waals surface area contributed by atoms with Crippen molar-refractivity contribution in [2.45, 2.75) is 39.0 Å². The second-order valence-electron chi connectivity index (χ2n) is 4.81. The Morgan fingerprint density at radius 2 is 2.36 bits per heavy atom. The monoisotopic (exact) mass is 194 g/mol. The van der Waals surface area contributed by atoms with E-state index in [1.807, 2.05) is 0 Å². The molecule has 0 heterocycles. The highest BCUT2D eigenvalue weighted by molar-refractivity contribution is 5.83. The van der Waals surface area contributed by atoms with Crippen LogP contribution in [0, 0.1) is 11.3 Å². The fourth-order valence-electron chi connectivity index (χ4n) is 2.91. The fourth-order valence-corrected chi connectivity index (χ4v) is 2.91. The number of rotatable bonds is 1. The molecule has 0 amide bonds. The van der Waals surface area contributed by atoms with E-state index in [-0.39, 0.29) is 11.3 Å². The summed E-state index contributed by atoms with van der Waals surface area (Å²) in [6.45, 7) is 2.24. The predicted octanol–water partition coefficient (Wildman–Crippen LogP) is 2.69. The normalized spacial score (nSPS) is 37.4. The molecule has 0 radical (unpaired) electrons. The van der Waals surface area contributed by atoms with Gasteiger partial charge in [-0.1, -0.05) is 6.92 Å². The molecular weight excluding hydrogens is 176 g/mol. The van der Waals surface area contributed by atoms with Crippen LogP contribution in [0.5, 0.6) is 0 Å². The van der Waals surface area contributed by atoms with Crippen molar-refractivity contribution < 1.29 is 9.53 Å². The van der Waals surface area contributed by atoms with Gasteiger partial charge in [0.25, 0.3) is 0 Å². The maximum Gasteiger partial charge on any atom is 0.136 e. The van der Waals surface area contributed by atoms with Crippen LogP contribution in [-0.4, -0.2) is 12.9 Å². The van der Waals surface area contributed by atoms with Crippen LogP contribution < -0.4 is 0 Å². The lowest BCUT2D eigenvalue weighted by Gasteiger charge is -2.43. The van der Waals surface area contributed by atoms with Gasteiger partial charge >= 0.3 is 0 Å². The summed E-state index contributed by atoms with van der Waals surface area (Å²) < 4.78 is 5.29. The van der Waals surface area contributed by atoms with Crippen molar-refractivity contribution in [3.8, 4) is 0 Å². The molecule has 0 bridgehead atoms. The molecule has 2 aliphatic carbocycles. The van der Waals surface area contributed by atoms with Gasteiger partial charge in [0.05, 0.1) is 12.9 Å². The highest BCUT2D eigenvalue weighted by Crippen LogP contribution is 2.48. The standard InChI is InChI=1S/C12H18O2/c1-12-7-3-4-11(13)10(12)6-5-9(8-12)14-2/h5,10H,3-4,6-8H2,1-2H3/t10-,12-/m0/s1. The number of carbonyl (C=O) groups excluding carboxylic acids is 1. The lowest BCUT2D eigenvalue weighted by molar-refractivity contribution is -0.130. The van der Waals surface area contributed by atoms with Crippen LogP contribution in [0.15, 0.2) is 11.8 Å². The van der Waals surface area contributed by atoms with Crippen molar-refractivity contribution in [3.63, 3.8) is 0 Å². The van der Waals surface area contributed by atoms with E-state index in [4.69, 9.17) is 4.74 Å². The third kappa shape index (κ3) is 1.47. The first-order valence-corrected chi connectivity index (χ1v) is 5.41. The van der Waals surface area contributed by atoms with E-state index in [0.717, 1.165) is 31.4 Å². The van der Waals surface area contributed by atoms with Gasteiger partial charge in [-0.3, -0.25) is 4.79 Å². The molecule has 0 aliphatic heterocycles. The molecule has 1 fully saturated rings. The summed E-state index contributed by atoms with van der Waals surface area (Å²) in [5.41, 5.74) is 0.176. The van der Waals surface area contributed by atoms with Crippen molar-refractivity contribution in [2.75, 3.05) is 7.11 Å². The molecule has 0 spiro atoms. The number of ether oxygens (including phenoxy) is 1. The molecule has 0 N–H and O–H groups in total. The molecule has 1 saturated carbocycles. The van der Waals surface area contributed by atoms with Gasteiger partial charge in [0.2, 0.25) is 0 Å². The first-order chi connectivity index (χ1) is 6.65. The molecular formula is C12H18O2. The first kappa shape index (κ1) is 9.75. The van der Waals surface area contributed by atoms with E-state index in [0.29, 0.717) is 5.78 Å². The average molecular weight is 194 g/mol. The summed E-state index contributed by atoms with van der Waals surface area (Å²) in [4.78, 5) is 11.8. The van der Waals surface area contributed by atoms with Gasteiger partial charge in [-0.25, -0.2) is 0 Å². The van der Waals surface area contributed by atoms with Crippen LogP contribution in [-0.2, 0) is 9.53 Å². The second kappa shape index (κ2) is 3.41. The molecule has 2 nitrogen and oxygen atoms in total. The minimum atomic E-state index is 0.176. The molecule has 14 heavy (non-hydrogen) atoms. The molecule has 0 aromatic carbocycles. The smallest absolute Gasteiger partial charge is 0.136 e. The third-order valence-corrected chi connectivity index (χ3v) is 3.82. The lowest BCUT2D eigenvalue weighted by atomic mass is 9.61. The average Bonchev–Trinajstić information content (AvgIpc) is 2.16. The van der Waals surface area contributed by atoms with Gasteiger partial charge in [-0.15, -0.1) is 0 Å². The number of methoxy groups -OCH3 is 1. The maximum atomic E-state index is 11.8. The van der Waals surface area contributed by atoms with E-state index < -0.39 is 0 Å². The number of hydrogen-bond acceptors (Lipinski definition) is 2. The van der Waals surface area contributed by atoms with Crippen LogP contribution in [0.1, 0.15) is 39.0 Å². The minimum Gasteiger partial charge on any atom is -0.501 e. The number of Topliss-reactive ketones (excluding diaryl/α,β-unsaturated/α-hetero) is 1. The van der Waals surface area contributed by atoms with Gasteiger partial charge in [-0.2, -0.15) is 0 Å². The predicted molar refractivity (Wildman–Crippen MR) is 54.8 cm³/mol. The molecule has 2 rings (SSSR count). The van der Waals surface area contributed by atoms with Crippen LogP contribution in [0.25, 0.3) is 0 Å². The van der Waals surface area contributed by atoms with Crippen molar-refractivity contribution in [1.29, 1.82) is 0 Å². The summed E-state index contributed by atoms with van der Waals surface area (Å²) in [5, 5.41) is 0. The summed E-state index contributed by atoms with van der Waals surface area (Å²) in [6, 6.07) is 0. The Labute approximate surface area is 85.3 Å². The van der Waals surface area contributed by atoms with E-state index in [1.54, 1.807) is 7.11 Å².